The van der Waals surface area contributed by atoms with Gasteiger partial charge in [0, 0.05) is 18.8 Å². The highest BCUT2D eigenvalue weighted by atomic mass is 19.4. The molecule has 110 valence electrons. The molecule has 1 aliphatic heterocycles. The summed E-state index contributed by atoms with van der Waals surface area (Å²) in [6.07, 6.45) is 3.92. The zero-order chi connectivity index (χ0) is 14.0. The number of nitrogens with zero attached hydrogens (tertiary/aromatic N) is 1. The van der Waals surface area contributed by atoms with Crippen LogP contribution in [0.3, 0.4) is 0 Å². The summed E-state index contributed by atoms with van der Waals surface area (Å²) in [4.78, 5) is 0. The Kier molecular flexibility index (Phi) is 9.46. The molecule has 0 N–H and O–H groups in total. The molecule has 0 bridgehead atoms. The lowest BCUT2D eigenvalue weighted by Gasteiger charge is -2.35. The van der Waals surface area contributed by atoms with E-state index in [-0.39, 0.29) is 0 Å². The van der Waals surface area contributed by atoms with Crippen LogP contribution in [0.15, 0.2) is 0 Å². The summed E-state index contributed by atoms with van der Waals surface area (Å²) in [7, 11) is 0. The molecular weight excluding hydrogens is 243 g/mol. The number of likely N-dealkylation sites (tertiary alicyclic amines) is 1. The molecule has 0 radical (unpaired) electrons. The van der Waals surface area contributed by atoms with Gasteiger partial charge in [-0.1, -0.05) is 20.8 Å². The number of alkyl halides is 3. The van der Waals surface area contributed by atoms with E-state index in [4.69, 9.17) is 4.74 Å². The average molecular weight is 270 g/mol. The number of rotatable bonds is 6. The number of halogens is 3. The van der Waals surface area contributed by atoms with Crippen molar-refractivity contribution in [1.82, 2.24) is 0 Å². The second kappa shape index (κ2) is 9.62. The predicted molar refractivity (Wildman–Crippen MR) is 67.2 cm³/mol. The summed E-state index contributed by atoms with van der Waals surface area (Å²) < 4.78 is 36.0. The van der Waals surface area contributed by atoms with Crippen LogP contribution in [0.5, 0.6) is 0 Å². The normalized spacial score (nSPS) is 18.0. The molecular formula is C13H27F3NO+. The minimum absolute atomic E-state index is 0.790. The largest absolute Gasteiger partial charge is 0.379 e. The Labute approximate surface area is 109 Å². The molecule has 18 heavy (non-hydrogen) atoms. The molecule has 1 fully saturated rings. The van der Waals surface area contributed by atoms with Crippen LogP contribution in [0.1, 0.15) is 40.0 Å². The zero-order valence-electron chi connectivity index (χ0n) is 11.8. The van der Waals surface area contributed by atoms with Gasteiger partial charge in [-0.3, -0.25) is 0 Å². The number of quaternary nitrogens is 1. The maximum absolute atomic E-state index is 9.67. The van der Waals surface area contributed by atoms with Gasteiger partial charge in [-0.05, 0) is 6.42 Å². The van der Waals surface area contributed by atoms with Crippen molar-refractivity contribution in [3.8, 4) is 0 Å². The van der Waals surface area contributed by atoms with Crippen LogP contribution in [0.4, 0.5) is 13.2 Å². The van der Waals surface area contributed by atoms with Gasteiger partial charge in [-0.2, -0.15) is 13.2 Å². The Morgan fingerprint density at radius 1 is 1.11 bits per heavy atom. The molecule has 0 spiro atoms. The summed E-state index contributed by atoms with van der Waals surface area (Å²) >= 11 is 0. The van der Waals surface area contributed by atoms with Crippen LogP contribution in [0, 0.1) is 5.92 Å². The van der Waals surface area contributed by atoms with Crippen LogP contribution >= 0.6 is 0 Å². The Bertz CT molecular complexity index is 192. The Hall–Kier alpha value is -0.290. The first-order valence-corrected chi connectivity index (χ1v) is 6.77. The van der Waals surface area contributed by atoms with Crippen LogP contribution in [0.2, 0.25) is 0 Å². The van der Waals surface area contributed by atoms with Crippen LogP contribution < -0.4 is 0 Å². The van der Waals surface area contributed by atoms with Crippen molar-refractivity contribution in [2.75, 3.05) is 33.0 Å². The van der Waals surface area contributed by atoms with Gasteiger partial charge in [0.15, 0.2) is 6.73 Å². The highest BCUT2D eigenvalue weighted by molar-refractivity contribution is 4.55. The monoisotopic (exact) mass is 270 g/mol. The van der Waals surface area contributed by atoms with Gasteiger partial charge >= 0.3 is 6.68 Å². The Morgan fingerprint density at radius 3 is 2.00 bits per heavy atom. The number of hydrogen-bond acceptors (Lipinski definition) is 1. The van der Waals surface area contributed by atoms with Crippen LogP contribution in [-0.2, 0) is 4.74 Å². The van der Waals surface area contributed by atoms with E-state index in [0.717, 1.165) is 25.7 Å². The van der Waals surface area contributed by atoms with E-state index in [9.17, 15) is 13.2 Å². The molecule has 1 rings (SSSR count). The van der Waals surface area contributed by atoms with E-state index in [1.54, 1.807) is 0 Å². The smallest absolute Gasteiger partial charge is 0.332 e. The SMILES string of the molecule is CCCOC[N+]1(CC(C)C)CCCC1.FC(F)F. The second-order valence-electron chi connectivity index (χ2n) is 5.36. The lowest BCUT2D eigenvalue weighted by molar-refractivity contribution is -0.937. The molecule has 0 atom stereocenters. The molecule has 0 aromatic carbocycles. The standard InChI is InChI=1S/C12H26NO.CHF3/c1-4-9-14-11-13(10-12(2)3)7-5-6-8-13;2-1(3)4/h12H,4-11H2,1-3H3;1H/q+1;. The first-order chi connectivity index (χ1) is 8.42. The predicted octanol–water partition coefficient (Wildman–Crippen LogP) is 3.82. The van der Waals surface area contributed by atoms with Gasteiger partial charge in [0.2, 0.25) is 0 Å². The first kappa shape index (κ1) is 17.7. The third-order valence-corrected chi connectivity index (χ3v) is 2.98. The maximum atomic E-state index is 9.67. The van der Waals surface area contributed by atoms with Crippen molar-refractivity contribution in [3.63, 3.8) is 0 Å². The first-order valence-electron chi connectivity index (χ1n) is 6.77. The molecule has 1 aliphatic rings. The van der Waals surface area contributed by atoms with E-state index >= 15 is 0 Å². The van der Waals surface area contributed by atoms with Crippen molar-refractivity contribution >= 4 is 0 Å². The number of ether oxygens (including phenoxy) is 1. The van der Waals surface area contributed by atoms with E-state index in [1.807, 2.05) is 0 Å². The van der Waals surface area contributed by atoms with Crippen LogP contribution in [0.25, 0.3) is 0 Å². The third-order valence-electron chi connectivity index (χ3n) is 2.98. The fourth-order valence-corrected chi connectivity index (χ4v) is 2.55. The molecule has 2 nitrogen and oxygen atoms in total. The maximum Gasteiger partial charge on any atom is 0.379 e. The average Bonchev–Trinajstić information content (AvgIpc) is 2.65. The zero-order valence-corrected chi connectivity index (χ0v) is 11.8. The van der Waals surface area contributed by atoms with Crippen molar-refractivity contribution in [2.24, 2.45) is 5.92 Å². The molecule has 5 heteroatoms. The summed E-state index contributed by atoms with van der Waals surface area (Å²) in [5.74, 6) is 0.790. The van der Waals surface area contributed by atoms with Gasteiger partial charge in [-0.15, -0.1) is 0 Å². The molecule has 0 aromatic heterocycles. The lowest BCUT2D eigenvalue weighted by atomic mass is 10.2. The lowest BCUT2D eigenvalue weighted by Crippen LogP contribution is -2.49. The van der Waals surface area contributed by atoms with Crippen molar-refractivity contribution < 1.29 is 22.4 Å². The summed E-state index contributed by atoms with van der Waals surface area (Å²) in [6, 6.07) is 0. The van der Waals surface area contributed by atoms with E-state index in [2.05, 4.69) is 20.8 Å². The minimum atomic E-state index is -3.67. The number of hydrogen-bond donors (Lipinski definition) is 0. The minimum Gasteiger partial charge on any atom is -0.332 e. The fraction of sp³-hybridized carbons (Fsp3) is 1.00. The fourth-order valence-electron chi connectivity index (χ4n) is 2.55. The highest BCUT2D eigenvalue weighted by Crippen LogP contribution is 2.21. The van der Waals surface area contributed by atoms with Crippen molar-refractivity contribution in [1.29, 1.82) is 0 Å². The molecule has 0 unspecified atom stereocenters. The van der Waals surface area contributed by atoms with E-state index in [1.165, 1.54) is 37.0 Å². The van der Waals surface area contributed by atoms with E-state index < -0.39 is 6.68 Å². The summed E-state index contributed by atoms with van der Waals surface area (Å²) in [5.41, 5.74) is 0. The molecule has 0 amide bonds. The van der Waals surface area contributed by atoms with Crippen molar-refractivity contribution in [3.05, 3.63) is 0 Å². The van der Waals surface area contributed by atoms with Crippen LogP contribution in [-0.4, -0.2) is 44.1 Å². The molecule has 0 aromatic rings. The summed E-state index contributed by atoms with van der Waals surface area (Å²) in [5, 5.41) is 0. The van der Waals surface area contributed by atoms with Crippen molar-refractivity contribution in [2.45, 2.75) is 46.7 Å². The summed E-state index contributed by atoms with van der Waals surface area (Å²) in [6.45, 7) is 8.99. The topological polar surface area (TPSA) is 9.23 Å². The van der Waals surface area contributed by atoms with Gasteiger partial charge in [0.1, 0.15) is 0 Å². The second-order valence-corrected chi connectivity index (χ2v) is 5.36. The van der Waals surface area contributed by atoms with Gasteiger partial charge in [-0.25, -0.2) is 0 Å². The highest BCUT2D eigenvalue weighted by Gasteiger charge is 2.32. The quantitative estimate of drug-likeness (QED) is 0.526. The molecule has 1 heterocycles. The molecule has 0 aliphatic carbocycles. The molecule has 1 saturated heterocycles. The van der Waals surface area contributed by atoms with Gasteiger partial charge in [0.05, 0.1) is 26.2 Å². The molecule has 0 saturated carbocycles. The third kappa shape index (κ3) is 8.75. The van der Waals surface area contributed by atoms with Gasteiger partial charge in [0.25, 0.3) is 0 Å². The van der Waals surface area contributed by atoms with E-state index in [0.29, 0.717) is 0 Å². The Balaban J connectivity index is 0.000000631. The van der Waals surface area contributed by atoms with Gasteiger partial charge < -0.3 is 9.22 Å². The Morgan fingerprint density at radius 2 is 1.61 bits per heavy atom.